The number of anilines is 1. The van der Waals surface area contributed by atoms with Crippen molar-refractivity contribution in [2.45, 2.75) is 19.4 Å². The maximum absolute atomic E-state index is 12.7. The molecule has 0 spiro atoms. The second kappa shape index (κ2) is 5.01. The van der Waals surface area contributed by atoms with Crippen molar-refractivity contribution in [3.05, 3.63) is 36.7 Å². The zero-order valence-corrected chi connectivity index (χ0v) is 12.7. The summed E-state index contributed by atoms with van der Waals surface area (Å²) in [6.45, 7) is 1.60. The highest BCUT2D eigenvalue weighted by atomic mass is 16.2. The van der Waals surface area contributed by atoms with Crippen molar-refractivity contribution in [1.29, 1.82) is 0 Å². The maximum Gasteiger partial charge on any atom is 0.247 e. The first-order valence-electron chi connectivity index (χ1n) is 7.84. The van der Waals surface area contributed by atoms with Gasteiger partial charge in [-0.2, -0.15) is 0 Å². The molecule has 1 aromatic heterocycles. The predicted octanol–water partition coefficient (Wildman–Crippen LogP) is 1.22. The van der Waals surface area contributed by atoms with Gasteiger partial charge >= 0.3 is 0 Å². The van der Waals surface area contributed by atoms with Gasteiger partial charge in [0.2, 0.25) is 17.7 Å². The fourth-order valence-electron chi connectivity index (χ4n) is 4.11. The molecule has 3 amide bonds. The van der Waals surface area contributed by atoms with Crippen molar-refractivity contribution >= 4 is 23.4 Å². The average Bonchev–Trinajstić information content (AvgIpc) is 3.22. The van der Waals surface area contributed by atoms with Gasteiger partial charge in [-0.3, -0.25) is 24.3 Å². The summed E-state index contributed by atoms with van der Waals surface area (Å²) >= 11 is 0. The first-order chi connectivity index (χ1) is 11.1. The van der Waals surface area contributed by atoms with Crippen LogP contribution in [0, 0.1) is 23.7 Å². The number of rotatable bonds is 3. The summed E-state index contributed by atoms with van der Waals surface area (Å²) in [6, 6.07) is 2.60. The smallest absolute Gasteiger partial charge is 0.247 e. The van der Waals surface area contributed by atoms with Crippen LogP contribution in [-0.4, -0.2) is 33.6 Å². The van der Waals surface area contributed by atoms with Gasteiger partial charge in [0.1, 0.15) is 6.04 Å². The Morgan fingerprint density at radius 1 is 1.26 bits per heavy atom. The second-order valence-corrected chi connectivity index (χ2v) is 6.45. The molecule has 2 aliphatic carbocycles. The standard InChI is InChI=1S/C17H17N3O3/c1-9(15(21)19-12-3-2-6-18-8-12)20-16(22)13-10-4-5-11(7-10)14(13)17(20)23/h2-6,8-11,13-14H,7H2,1H3,(H,19,21)/t9-,10+,11+,13+,14+/m1/s1. The van der Waals surface area contributed by atoms with E-state index in [-0.39, 0.29) is 41.4 Å². The molecule has 1 saturated heterocycles. The van der Waals surface area contributed by atoms with Crippen LogP contribution in [0.5, 0.6) is 0 Å². The molecule has 1 N–H and O–H groups in total. The van der Waals surface area contributed by atoms with Crippen LogP contribution >= 0.6 is 0 Å². The number of allylic oxidation sites excluding steroid dienone is 2. The van der Waals surface area contributed by atoms with Crippen LogP contribution < -0.4 is 5.32 Å². The Bertz CT molecular complexity index is 685. The molecular weight excluding hydrogens is 294 g/mol. The van der Waals surface area contributed by atoms with Crippen molar-refractivity contribution in [3.8, 4) is 0 Å². The highest BCUT2D eigenvalue weighted by molar-refractivity contribution is 6.10. The van der Waals surface area contributed by atoms with Gasteiger partial charge in [-0.05, 0) is 37.3 Å². The summed E-state index contributed by atoms with van der Waals surface area (Å²) in [5.74, 6) is -1.02. The first kappa shape index (κ1) is 14.1. The van der Waals surface area contributed by atoms with Gasteiger partial charge in [0, 0.05) is 6.20 Å². The lowest BCUT2D eigenvalue weighted by Crippen LogP contribution is -2.46. The Morgan fingerprint density at radius 3 is 2.48 bits per heavy atom. The zero-order chi connectivity index (χ0) is 16.1. The number of fused-ring (bicyclic) bond motifs is 5. The number of nitrogens with one attached hydrogen (secondary N) is 1. The number of hydrogen-bond donors (Lipinski definition) is 1. The molecule has 2 fully saturated rings. The van der Waals surface area contributed by atoms with E-state index in [0.29, 0.717) is 5.69 Å². The molecule has 6 heteroatoms. The molecule has 118 valence electrons. The van der Waals surface area contributed by atoms with E-state index in [9.17, 15) is 14.4 Å². The van der Waals surface area contributed by atoms with Gasteiger partial charge in [-0.15, -0.1) is 0 Å². The molecule has 23 heavy (non-hydrogen) atoms. The van der Waals surface area contributed by atoms with Gasteiger partial charge in [0.25, 0.3) is 0 Å². The van der Waals surface area contributed by atoms with Crippen LogP contribution in [0.1, 0.15) is 13.3 Å². The Hall–Kier alpha value is -2.50. The van der Waals surface area contributed by atoms with Crippen molar-refractivity contribution in [2.75, 3.05) is 5.32 Å². The average molecular weight is 311 g/mol. The summed E-state index contributed by atoms with van der Waals surface area (Å²) < 4.78 is 0. The second-order valence-electron chi connectivity index (χ2n) is 6.45. The number of nitrogens with zero attached hydrogens (tertiary/aromatic N) is 2. The van der Waals surface area contributed by atoms with E-state index in [0.717, 1.165) is 11.3 Å². The van der Waals surface area contributed by atoms with Crippen LogP contribution in [-0.2, 0) is 14.4 Å². The highest BCUT2D eigenvalue weighted by Gasteiger charge is 2.60. The van der Waals surface area contributed by atoms with E-state index in [1.54, 1.807) is 25.3 Å². The molecule has 1 aliphatic heterocycles. The lowest BCUT2D eigenvalue weighted by atomic mass is 9.85. The number of imide groups is 1. The normalized spacial score (nSPS) is 32.3. The Labute approximate surface area is 133 Å². The van der Waals surface area contributed by atoms with E-state index >= 15 is 0 Å². The minimum atomic E-state index is -0.819. The van der Waals surface area contributed by atoms with E-state index < -0.39 is 6.04 Å². The summed E-state index contributed by atoms with van der Waals surface area (Å²) in [5.41, 5.74) is 0.547. The molecule has 2 bridgehead atoms. The Kier molecular flexibility index (Phi) is 3.07. The summed E-state index contributed by atoms with van der Waals surface area (Å²) in [5, 5.41) is 2.70. The molecule has 0 radical (unpaired) electrons. The quantitative estimate of drug-likeness (QED) is 0.672. The topological polar surface area (TPSA) is 79.4 Å². The number of carbonyl (C=O) groups is 3. The van der Waals surface area contributed by atoms with Crippen molar-refractivity contribution < 1.29 is 14.4 Å². The maximum atomic E-state index is 12.7. The predicted molar refractivity (Wildman–Crippen MR) is 81.9 cm³/mol. The Morgan fingerprint density at radius 2 is 1.91 bits per heavy atom. The third-order valence-corrected chi connectivity index (χ3v) is 5.20. The van der Waals surface area contributed by atoms with Crippen LogP contribution in [0.4, 0.5) is 5.69 Å². The molecule has 1 aromatic rings. The van der Waals surface area contributed by atoms with Crippen molar-refractivity contribution in [2.24, 2.45) is 23.7 Å². The van der Waals surface area contributed by atoms with E-state index in [1.807, 2.05) is 12.2 Å². The third-order valence-electron chi connectivity index (χ3n) is 5.20. The fraction of sp³-hybridized carbons (Fsp3) is 0.412. The van der Waals surface area contributed by atoms with E-state index in [4.69, 9.17) is 0 Å². The fourth-order valence-corrected chi connectivity index (χ4v) is 4.11. The van der Waals surface area contributed by atoms with Gasteiger partial charge in [-0.25, -0.2) is 0 Å². The molecule has 3 aliphatic rings. The number of pyridine rings is 1. The molecule has 5 atom stereocenters. The van der Waals surface area contributed by atoms with Gasteiger partial charge < -0.3 is 5.32 Å². The molecule has 0 aromatic carbocycles. The van der Waals surface area contributed by atoms with Crippen LogP contribution in [0.25, 0.3) is 0 Å². The largest absolute Gasteiger partial charge is 0.323 e. The van der Waals surface area contributed by atoms with E-state index in [1.165, 1.54) is 6.20 Å². The summed E-state index contributed by atoms with van der Waals surface area (Å²) in [4.78, 5) is 42.8. The SMILES string of the molecule is C[C@H](C(=O)Nc1cccnc1)N1C(=O)[C@@H]2[C@@H](C1=O)[C@H]1C=C[C@H]2C1. The van der Waals surface area contributed by atoms with Crippen LogP contribution in [0.2, 0.25) is 0 Å². The first-order valence-corrected chi connectivity index (χ1v) is 7.84. The monoisotopic (exact) mass is 311 g/mol. The minimum Gasteiger partial charge on any atom is -0.323 e. The minimum absolute atomic E-state index is 0.153. The molecule has 4 rings (SSSR count). The summed E-state index contributed by atoms with van der Waals surface area (Å²) in [6.07, 6.45) is 8.10. The Balaban J connectivity index is 1.53. The third kappa shape index (κ3) is 2.01. The van der Waals surface area contributed by atoms with Crippen LogP contribution in [0.15, 0.2) is 36.7 Å². The zero-order valence-electron chi connectivity index (χ0n) is 12.7. The van der Waals surface area contributed by atoms with Crippen molar-refractivity contribution in [3.63, 3.8) is 0 Å². The summed E-state index contributed by atoms with van der Waals surface area (Å²) in [7, 11) is 0. The molecule has 0 unspecified atom stereocenters. The van der Waals surface area contributed by atoms with Crippen LogP contribution in [0.3, 0.4) is 0 Å². The number of hydrogen-bond acceptors (Lipinski definition) is 4. The van der Waals surface area contributed by atoms with Gasteiger partial charge in [0.15, 0.2) is 0 Å². The lowest BCUT2D eigenvalue weighted by Gasteiger charge is -2.23. The number of likely N-dealkylation sites (tertiary alicyclic amines) is 1. The number of aromatic nitrogens is 1. The molecule has 1 saturated carbocycles. The molecule has 2 heterocycles. The van der Waals surface area contributed by atoms with Crippen molar-refractivity contribution in [1.82, 2.24) is 9.88 Å². The number of carbonyl (C=O) groups excluding carboxylic acids is 3. The van der Waals surface area contributed by atoms with Gasteiger partial charge in [-0.1, -0.05) is 12.2 Å². The molecular formula is C17H17N3O3. The van der Waals surface area contributed by atoms with E-state index in [2.05, 4.69) is 10.3 Å². The highest BCUT2D eigenvalue weighted by Crippen LogP contribution is 2.52. The lowest BCUT2D eigenvalue weighted by molar-refractivity contribution is -0.146. The number of amides is 3. The van der Waals surface area contributed by atoms with Gasteiger partial charge in [0.05, 0.1) is 23.7 Å². The molecule has 6 nitrogen and oxygen atoms in total.